The van der Waals surface area contributed by atoms with Crippen LogP contribution < -0.4 is 5.32 Å². The summed E-state index contributed by atoms with van der Waals surface area (Å²) in [6, 6.07) is 6.73. The normalized spacial score (nSPS) is 12.0. The summed E-state index contributed by atoms with van der Waals surface area (Å²) in [6.07, 6.45) is 5.30. The maximum Gasteiger partial charge on any atom is 0.503 e. The number of hydrogen-bond acceptors (Lipinski definition) is 6. The van der Waals surface area contributed by atoms with Crippen LogP contribution in [0, 0.1) is 0 Å². The summed E-state index contributed by atoms with van der Waals surface area (Å²) in [6.45, 7) is 0. The Bertz CT molecular complexity index is 1060. The van der Waals surface area contributed by atoms with Crippen LogP contribution in [0.25, 0.3) is 5.82 Å². The first-order chi connectivity index (χ1) is 12.7. The van der Waals surface area contributed by atoms with Gasteiger partial charge in [-0.15, -0.1) is 0 Å². The molecule has 0 unspecified atom stereocenters. The third-order valence-electron chi connectivity index (χ3n) is 3.32. The van der Waals surface area contributed by atoms with Crippen molar-refractivity contribution in [3.63, 3.8) is 0 Å². The smallest absolute Gasteiger partial charge is 0.320 e. The van der Waals surface area contributed by atoms with Gasteiger partial charge in [0, 0.05) is 18.6 Å². The molecule has 0 radical (unpaired) electrons. The summed E-state index contributed by atoms with van der Waals surface area (Å²) in [4.78, 5) is 19.6. The van der Waals surface area contributed by atoms with E-state index in [4.69, 9.17) is 0 Å². The topological polar surface area (TPSA) is 107 Å². The number of rotatable bonds is 4. The van der Waals surface area contributed by atoms with Crippen molar-refractivity contribution in [3.8, 4) is 5.82 Å². The molecule has 0 saturated heterocycles. The Morgan fingerprint density at radius 2 is 1.85 bits per heavy atom. The van der Waals surface area contributed by atoms with E-state index in [1.165, 1.54) is 23.0 Å². The van der Waals surface area contributed by atoms with Crippen LogP contribution in [0.1, 0.15) is 10.4 Å². The lowest BCUT2D eigenvalue weighted by Crippen LogP contribution is -2.27. The molecular weight excluding hydrogens is 387 g/mol. The number of amides is 1. The van der Waals surface area contributed by atoms with Crippen LogP contribution in [-0.4, -0.2) is 39.6 Å². The third-order valence-corrected chi connectivity index (χ3v) is 4.76. The highest BCUT2D eigenvalue weighted by Gasteiger charge is 2.49. The van der Waals surface area contributed by atoms with Gasteiger partial charge in [-0.1, -0.05) is 0 Å². The number of carbonyl (C=O) groups is 1. The van der Waals surface area contributed by atoms with Crippen LogP contribution >= 0.6 is 0 Å². The van der Waals surface area contributed by atoms with E-state index < -0.39 is 31.8 Å². The molecule has 1 N–H and O–H groups in total. The van der Waals surface area contributed by atoms with Crippen molar-refractivity contribution in [2.24, 2.45) is 0 Å². The molecule has 0 fully saturated rings. The average Bonchev–Trinajstić information content (AvgIpc) is 3.16. The fraction of sp³-hybridized carbons (Fsp3) is 0.0667. The predicted octanol–water partition coefficient (Wildman–Crippen LogP) is 2.21. The molecule has 12 heteroatoms. The summed E-state index contributed by atoms with van der Waals surface area (Å²) >= 11 is 0. The molecule has 3 heterocycles. The zero-order chi connectivity index (χ0) is 19.7. The van der Waals surface area contributed by atoms with Gasteiger partial charge in [-0.05, 0) is 30.3 Å². The van der Waals surface area contributed by atoms with Crippen molar-refractivity contribution in [1.82, 2.24) is 19.7 Å². The first kappa shape index (κ1) is 18.5. The van der Waals surface area contributed by atoms with Crippen molar-refractivity contribution in [3.05, 3.63) is 60.7 Å². The van der Waals surface area contributed by atoms with E-state index in [1.54, 1.807) is 18.5 Å². The van der Waals surface area contributed by atoms with Gasteiger partial charge in [-0.3, -0.25) is 4.79 Å². The SMILES string of the molecule is O=C(Nc1ccc(-n2cccn2)nc1)c1cccnc1S(=O)(=O)C(F)(F)F. The van der Waals surface area contributed by atoms with Crippen molar-refractivity contribution >= 4 is 21.4 Å². The second kappa shape index (κ2) is 6.79. The lowest BCUT2D eigenvalue weighted by Gasteiger charge is -2.11. The summed E-state index contributed by atoms with van der Waals surface area (Å²) in [5, 5.41) is 4.90. The number of alkyl halides is 3. The summed E-state index contributed by atoms with van der Waals surface area (Å²) < 4.78 is 63.1. The fourth-order valence-corrected chi connectivity index (χ4v) is 2.95. The number of nitrogens with zero attached hydrogens (tertiary/aromatic N) is 4. The number of anilines is 1. The minimum Gasteiger partial charge on any atom is -0.320 e. The van der Waals surface area contributed by atoms with Crippen LogP contribution in [0.5, 0.6) is 0 Å². The van der Waals surface area contributed by atoms with Gasteiger partial charge in [0.2, 0.25) is 0 Å². The predicted molar refractivity (Wildman–Crippen MR) is 86.8 cm³/mol. The van der Waals surface area contributed by atoms with Crippen molar-refractivity contribution in [1.29, 1.82) is 0 Å². The second-order valence-corrected chi connectivity index (χ2v) is 6.97. The quantitative estimate of drug-likeness (QED) is 0.723. The molecule has 0 aliphatic heterocycles. The van der Waals surface area contributed by atoms with Crippen LogP contribution in [0.3, 0.4) is 0 Å². The van der Waals surface area contributed by atoms with Gasteiger partial charge < -0.3 is 5.32 Å². The van der Waals surface area contributed by atoms with Gasteiger partial charge in [-0.2, -0.15) is 18.3 Å². The number of pyridine rings is 2. The first-order valence-corrected chi connectivity index (χ1v) is 8.72. The number of halogens is 3. The van der Waals surface area contributed by atoms with E-state index in [0.29, 0.717) is 5.82 Å². The van der Waals surface area contributed by atoms with Crippen molar-refractivity contribution in [2.75, 3.05) is 5.32 Å². The molecular formula is C15H10F3N5O3S. The second-order valence-electron chi connectivity index (χ2n) is 5.12. The molecule has 3 aromatic heterocycles. The number of nitrogens with one attached hydrogen (secondary N) is 1. The van der Waals surface area contributed by atoms with E-state index in [9.17, 15) is 26.4 Å². The zero-order valence-electron chi connectivity index (χ0n) is 13.3. The lowest BCUT2D eigenvalue weighted by atomic mass is 10.2. The Balaban J connectivity index is 1.88. The Hall–Kier alpha value is -3.28. The van der Waals surface area contributed by atoms with Gasteiger partial charge >= 0.3 is 5.51 Å². The number of sulfone groups is 1. The van der Waals surface area contributed by atoms with E-state index in [1.807, 2.05) is 0 Å². The Kier molecular flexibility index (Phi) is 4.66. The van der Waals surface area contributed by atoms with Gasteiger partial charge in [0.25, 0.3) is 15.7 Å². The minimum atomic E-state index is -5.78. The molecule has 0 saturated carbocycles. The largest absolute Gasteiger partial charge is 0.503 e. The van der Waals surface area contributed by atoms with E-state index in [0.717, 1.165) is 18.3 Å². The highest BCUT2D eigenvalue weighted by molar-refractivity contribution is 7.92. The average molecular weight is 397 g/mol. The van der Waals surface area contributed by atoms with E-state index >= 15 is 0 Å². The summed E-state index contributed by atoms with van der Waals surface area (Å²) in [7, 11) is -5.78. The molecule has 0 aliphatic rings. The fourth-order valence-electron chi connectivity index (χ4n) is 2.09. The molecule has 8 nitrogen and oxygen atoms in total. The van der Waals surface area contributed by atoms with Crippen molar-refractivity contribution in [2.45, 2.75) is 10.5 Å². The maximum absolute atomic E-state index is 12.8. The molecule has 1 amide bonds. The van der Waals surface area contributed by atoms with Crippen LogP contribution in [0.4, 0.5) is 18.9 Å². The molecule has 140 valence electrons. The molecule has 3 aromatic rings. The summed E-state index contributed by atoms with van der Waals surface area (Å²) in [5.74, 6) is -0.626. The van der Waals surface area contributed by atoms with Crippen LogP contribution in [-0.2, 0) is 9.84 Å². The molecule has 0 bridgehead atoms. The Labute approximate surface area is 150 Å². The minimum absolute atomic E-state index is 0.148. The lowest BCUT2D eigenvalue weighted by molar-refractivity contribution is -0.0438. The monoisotopic (exact) mass is 397 g/mol. The molecule has 0 atom stereocenters. The molecule has 0 spiro atoms. The highest BCUT2D eigenvalue weighted by Crippen LogP contribution is 2.31. The zero-order valence-corrected chi connectivity index (χ0v) is 14.1. The van der Waals surface area contributed by atoms with Crippen LogP contribution in [0.2, 0.25) is 0 Å². The Morgan fingerprint density at radius 1 is 1.07 bits per heavy atom. The van der Waals surface area contributed by atoms with E-state index in [2.05, 4.69) is 20.4 Å². The van der Waals surface area contributed by atoms with Crippen molar-refractivity contribution < 1.29 is 26.4 Å². The van der Waals surface area contributed by atoms with Gasteiger partial charge in [0.15, 0.2) is 10.8 Å². The summed E-state index contributed by atoms with van der Waals surface area (Å²) in [5.41, 5.74) is -6.16. The maximum atomic E-state index is 12.8. The molecule has 0 aliphatic carbocycles. The van der Waals surface area contributed by atoms with Crippen LogP contribution in [0.15, 0.2) is 60.1 Å². The number of hydrogen-bond donors (Lipinski definition) is 1. The molecule has 0 aromatic carbocycles. The van der Waals surface area contributed by atoms with Gasteiger partial charge in [-0.25, -0.2) is 23.1 Å². The van der Waals surface area contributed by atoms with Gasteiger partial charge in [0.05, 0.1) is 17.4 Å². The third kappa shape index (κ3) is 3.65. The Morgan fingerprint density at radius 3 is 2.44 bits per heavy atom. The van der Waals surface area contributed by atoms with Gasteiger partial charge in [0.1, 0.15) is 0 Å². The number of aromatic nitrogens is 4. The molecule has 27 heavy (non-hydrogen) atoms. The number of carbonyl (C=O) groups excluding carboxylic acids is 1. The first-order valence-electron chi connectivity index (χ1n) is 7.24. The highest BCUT2D eigenvalue weighted by atomic mass is 32.2. The molecule has 3 rings (SSSR count). The standard InChI is InChI=1S/C15H10F3N5O3S/c16-15(17,18)27(25,26)14-11(3-1-6-19-14)13(24)22-10-4-5-12(20-9-10)23-8-2-7-21-23/h1-9H,(H,22,24). The van der Waals surface area contributed by atoms with E-state index in [-0.39, 0.29) is 5.69 Å².